The van der Waals surface area contributed by atoms with Crippen LogP contribution in [-0.4, -0.2) is 11.9 Å². The lowest BCUT2D eigenvalue weighted by Crippen LogP contribution is -2.04. The second kappa shape index (κ2) is 5.56. The summed E-state index contributed by atoms with van der Waals surface area (Å²) in [5.41, 5.74) is 0. The fourth-order valence-electron chi connectivity index (χ4n) is 1.00. The highest BCUT2D eigenvalue weighted by molar-refractivity contribution is 7.99. The molecule has 3 heteroatoms. The summed E-state index contributed by atoms with van der Waals surface area (Å²) in [5.74, 6) is 1.37. The molecule has 1 rings (SSSR count). The smallest absolute Gasteiger partial charge is 0.119 e. The Morgan fingerprint density at radius 1 is 1.36 bits per heavy atom. The van der Waals surface area contributed by atoms with Crippen molar-refractivity contribution in [3.05, 3.63) is 24.3 Å². The van der Waals surface area contributed by atoms with Crippen molar-refractivity contribution >= 4 is 11.8 Å². The summed E-state index contributed by atoms with van der Waals surface area (Å²) in [6.07, 6.45) is 0.201. The quantitative estimate of drug-likeness (QED) is 0.711. The van der Waals surface area contributed by atoms with Gasteiger partial charge < -0.3 is 4.74 Å². The molecule has 0 aromatic heterocycles. The molecule has 74 valence electrons. The Balaban J connectivity index is 2.56. The third-order valence-electron chi connectivity index (χ3n) is 1.50. The molecule has 0 saturated heterocycles. The van der Waals surface area contributed by atoms with Crippen molar-refractivity contribution in [3.8, 4) is 11.8 Å². The topological polar surface area (TPSA) is 33.0 Å². The van der Waals surface area contributed by atoms with Gasteiger partial charge in [-0.2, -0.15) is 5.26 Å². The lowest BCUT2D eigenvalue weighted by atomic mass is 10.3. The predicted molar refractivity (Wildman–Crippen MR) is 58.5 cm³/mol. The molecule has 2 nitrogen and oxygen atoms in total. The van der Waals surface area contributed by atoms with Crippen LogP contribution in [0.1, 0.15) is 13.8 Å². The highest BCUT2D eigenvalue weighted by Gasteiger charge is 1.97. The normalized spacial score (nSPS) is 9.86. The summed E-state index contributed by atoms with van der Waals surface area (Å²) in [4.78, 5) is 1.10. The molecule has 0 aliphatic heterocycles. The molecule has 0 fully saturated rings. The van der Waals surface area contributed by atoms with Crippen LogP contribution in [0.15, 0.2) is 29.2 Å². The molecule has 1 aromatic rings. The Labute approximate surface area is 88.9 Å². The maximum atomic E-state index is 8.41. The van der Waals surface area contributed by atoms with Gasteiger partial charge >= 0.3 is 0 Å². The van der Waals surface area contributed by atoms with Crippen LogP contribution in [0.5, 0.6) is 5.75 Å². The number of benzene rings is 1. The van der Waals surface area contributed by atoms with Crippen molar-refractivity contribution in [2.75, 3.05) is 5.75 Å². The number of hydrogen-bond acceptors (Lipinski definition) is 3. The van der Waals surface area contributed by atoms with Crippen molar-refractivity contribution in [1.29, 1.82) is 5.26 Å². The molecule has 0 bridgehead atoms. The van der Waals surface area contributed by atoms with Gasteiger partial charge in [0, 0.05) is 4.90 Å². The molecule has 0 heterocycles. The fourth-order valence-corrected chi connectivity index (χ4v) is 1.56. The van der Waals surface area contributed by atoms with Crippen molar-refractivity contribution < 1.29 is 4.74 Å². The van der Waals surface area contributed by atoms with Gasteiger partial charge in [0.2, 0.25) is 0 Å². The Hall–Kier alpha value is -1.14. The summed E-state index contributed by atoms with van der Waals surface area (Å²) in [6.45, 7) is 4.00. The summed E-state index contributed by atoms with van der Waals surface area (Å²) in [7, 11) is 0. The van der Waals surface area contributed by atoms with Crippen LogP contribution in [0.25, 0.3) is 0 Å². The third-order valence-corrected chi connectivity index (χ3v) is 2.38. The molecular weight excluding hydrogens is 194 g/mol. The maximum absolute atomic E-state index is 8.41. The standard InChI is InChI=1S/C11H13NOS/c1-9(2)13-10-3-5-11(6-4-10)14-8-7-12/h3-6,9H,8H2,1-2H3. The number of nitriles is 1. The molecule has 0 saturated carbocycles. The van der Waals surface area contributed by atoms with Gasteiger partial charge in [-0.1, -0.05) is 0 Å². The van der Waals surface area contributed by atoms with Crippen molar-refractivity contribution in [2.45, 2.75) is 24.8 Å². The largest absolute Gasteiger partial charge is 0.491 e. The van der Waals surface area contributed by atoms with Crippen LogP contribution in [0.4, 0.5) is 0 Å². The number of thioether (sulfide) groups is 1. The molecular formula is C11H13NOS. The van der Waals surface area contributed by atoms with E-state index in [1.807, 2.05) is 38.1 Å². The Kier molecular flexibility index (Phi) is 4.34. The van der Waals surface area contributed by atoms with Crippen molar-refractivity contribution in [3.63, 3.8) is 0 Å². The van der Waals surface area contributed by atoms with Crippen LogP contribution in [0.2, 0.25) is 0 Å². The van der Waals surface area contributed by atoms with Crippen molar-refractivity contribution in [2.24, 2.45) is 0 Å². The van der Waals surface area contributed by atoms with E-state index in [2.05, 4.69) is 6.07 Å². The molecule has 0 atom stereocenters. The number of ether oxygens (including phenoxy) is 1. The van der Waals surface area contributed by atoms with E-state index < -0.39 is 0 Å². The predicted octanol–water partition coefficient (Wildman–Crippen LogP) is 3.09. The van der Waals surface area contributed by atoms with Gasteiger partial charge in [0.1, 0.15) is 5.75 Å². The molecule has 0 amide bonds. The van der Waals surface area contributed by atoms with Gasteiger partial charge in [-0.05, 0) is 38.1 Å². The number of rotatable bonds is 4. The lowest BCUT2D eigenvalue weighted by molar-refractivity contribution is 0.242. The van der Waals surface area contributed by atoms with E-state index >= 15 is 0 Å². The van der Waals surface area contributed by atoms with Crippen molar-refractivity contribution in [1.82, 2.24) is 0 Å². The molecule has 0 unspecified atom stereocenters. The Bertz CT molecular complexity index is 313. The average molecular weight is 207 g/mol. The van der Waals surface area contributed by atoms with E-state index in [-0.39, 0.29) is 6.10 Å². The molecule has 1 aromatic carbocycles. The fraction of sp³-hybridized carbons (Fsp3) is 0.364. The van der Waals surface area contributed by atoms with Crippen LogP contribution < -0.4 is 4.74 Å². The molecule has 0 radical (unpaired) electrons. The van der Waals surface area contributed by atoms with Crippen LogP contribution in [-0.2, 0) is 0 Å². The minimum atomic E-state index is 0.201. The van der Waals surface area contributed by atoms with Gasteiger partial charge in [-0.25, -0.2) is 0 Å². The average Bonchev–Trinajstić information content (AvgIpc) is 2.16. The number of hydrogen-bond donors (Lipinski definition) is 0. The van der Waals surface area contributed by atoms with Gasteiger partial charge in [0.25, 0.3) is 0 Å². The second-order valence-corrected chi connectivity index (χ2v) is 4.13. The molecule has 14 heavy (non-hydrogen) atoms. The van der Waals surface area contributed by atoms with Crippen LogP contribution >= 0.6 is 11.8 Å². The first-order valence-electron chi connectivity index (χ1n) is 4.49. The lowest BCUT2D eigenvalue weighted by Gasteiger charge is -2.09. The zero-order valence-electron chi connectivity index (χ0n) is 8.36. The van der Waals surface area contributed by atoms with E-state index in [4.69, 9.17) is 10.00 Å². The molecule has 0 spiro atoms. The molecule has 0 N–H and O–H groups in total. The highest BCUT2D eigenvalue weighted by atomic mass is 32.2. The first-order valence-corrected chi connectivity index (χ1v) is 5.47. The molecule has 0 aliphatic rings. The Morgan fingerprint density at radius 3 is 2.50 bits per heavy atom. The monoisotopic (exact) mass is 207 g/mol. The zero-order chi connectivity index (χ0) is 10.4. The Morgan fingerprint density at radius 2 is 2.00 bits per heavy atom. The van der Waals surface area contributed by atoms with E-state index in [0.717, 1.165) is 10.6 Å². The van der Waals surface area contributed by atoms with Gasteiger partial charge in [-0.15, -0.1) is 11.8 Å². The van der Waals surface area contributed by atoms with Crippen LogP contribution in [0, 0.1) is 11.3 Å². The summed E-state index contributed by atoms with van der Waals surface area (Å²) in [6, 6.07) is 9.90. The second-order valence-electron chi connectivity index (χ2n) is 3.08. The first-order chi connectivity index (χ1) is 6.72. The summed E-state index contributed by atoms with van der Waals surface area (Å²) < 4.78 is 5.50. The third kappa shape index (κ3) is 3.71. The van der Waals surface area contributed by atoms with E-state index in [1.54, 1.807) is 0 Å². The van der Waals surface area contributed by atoms with Gasteiger partial charge in [-0.3, -0.25) is 0 Å². The van der Waals surface area contributed by atoms with Gasteiger partial charge in [0.05, 0.1) is 17.9 Å². The summed E-state index contributed by atoms with van der Waals surface area (Å²) >= 11 is 1.53. The zero-order valence-corrected chi connectivity index (χ0v) is 9.17. The van der Waals surface area contributed by atoms with Crippen LogP contribution in [0.3, 0.4) is 0 Å². The maximum Gasteiger partial charge on any atom is 0.119 e. The number of nitrogens with zero attached hydrogens (tertiary/aromatic N) is 1. The molecule has 0 aliphatic carbocycles. The summed E-state index contributed by atoms with van der Waals surface area (Å²) in [5, 5.41) is 8.41. The minimum Gasteiger partial charge on any atom is -0.491 e. The van der Waals surface area contributed by atoms with Gasteiger partial charge in [0.15, 0.2) is 0 Å². The highest BCUT2D eigenvalue weighted by Crippen LogP contribution is 2.21. The van der Waals surface area contributed by atoms with E-state index in [9.17, 15) is 0 Å². The first kappa shape index (κ1) is 10.9. The minimum absolute atomic E-state index is 0.201. The van der Waals surface area contributed by atoms with E-state index in [0.29, 0.717) is 5.75 Å². The van der Waals surface area contributed by atoms with E-state index in [1.165, 1.54) is 11.8 Å². The SMILES string of the molecule is CC(C)Oc1ccc(SCC#N)cc1.